The molecule has 0 unspecified atom stereocenters. The van der Waals surface area contributed by atoms with Gasteiger partial charge in [0, 0.05) is 13.0 Å². The number of rotatable bonds is 4. The summed E-state index contributed by atoms with van der Waals surface area (Å²) in [6.07, 6.45) is -0.519. The number of nitrogens with zero attached hydrogens (tertiary/aromatic N) is 1. The summed E-state index contributed by atoms with van der Waals surface area (Å²) >= 11 is 0. The zero-order chi connectivity index (χ0) is 17.8. The molecule has 0 aromatic heterocycles. The number of likely N-dealkylation sites (tertiary alicyclic amines) is 1. The Bertz CT molecular complexity index is 692. The number of aliphatic hydroxyl groups is 1. The average Bonchev–Trinajstić information content (AvgIpc) is 3.05. The van der Waals surface area contributed by atoms with Gasteiger partial charge in [0.2, 0.25) is 5.91 Å². The van der Waals surface area contributed by atoms with Gasteiger partial charge in [-0.3, -0.25) is 4.79 Å². The van der Waals surface area contributed by atoms with E-state index in [0.717, 1.165) is 11.1 Å². The number of aliphatic hydroxyl groups excluding tert-OH is 1. The van der Waals surface area contributed by atoms with Gasteiger partial charge in [0.25, 0.3) is 0 Å². The van der Waals surface area contributed by atoms with Crippen molar-refractivity contribution in [2.75, 3.05) is 13.7 Å². The van der Waals surface area contributed by atoms with Crippen LogP contribution in [0.25, 0.3) is 0 Å². The van der Waals surface area contributed by atoms with Crippen molar-refractivity contribution < 1.29 is 19.4 Å². The Balaban J connectivity index is 1.98. The van der Waals surface area contributed by atoms with Crippen molar-refractivity contribution in [1.29, 1.82) is 0 Å². The molecule has 2 aromatic rings. The van der Waals surface area contributed by atoms with E-state index in [4.69, 9.17) is 4.74 Å². The summed E-state index contributed by atoms with van der Waals surface area (Å²) in [6, 6.07) is 18.2. The van der Waals surface area contributed by atoms with E-state index in [0.29, 0.717) is 0 Å². The molecule has 0 radical (unpaired) electrons. The fourth-order valence-electron chi connectivity index (χ4n) is 3.35. The highest BCUT2D eigenvalue weighted by molar-refractivity contribution is 5.91. The van der Waals surface area contributed by atoms with Crippen LogP contribution in [0.3, 0.4) is 0 Å². The number of carbonyl (C=O) groups excluding carboxylic acids is 2. The van der Waals surface area contributed by atoms with E-state index in [2.05, 4.69) is 0 Å². The van der Waals surface area contributed by atoms with Crippen molar-refractivity contribution in [3.63, 3.8) is 0 Å². The molecular formula is C20H21NO4. The largest absolute Gasteiger partial charge is 0.467 e. The molecule has 2 aromatic carbocycles. The SMILES string of the molecule is COC(=O)[C@H]1C[C@H](O)CN1C(=O)C(c1ccccc1)c1ccccc1. The molecule has 1 fully saturated rings. The topological polar surface area (TPSA) is 66.8 Å². The normalized spacial score (nSPS) is 19.9. The minimum absolute atomic E-state index is 0.134. The summed E-state index contributed by atoms with van der Waals surface area (Å²) in [4.78, 5) is 26.8. The summed E-state index contributed by atoms with van der Waals surface area (Å²) in [6.45, 7) is 0.134. The summed E-state index contributed by atoms with van der Waals surface area (Å²) in [5.74, 6) is -1.23. The van der Waals surface area contributed by atoms with Gasteiger partial charge in [-0.1, -0.05) is 60.7 Å². The van der Waals surface area contributed by atoms with Crippen LogP contribution in [-0.2, 0) is 14.3 Å². The lowest BCUT2D eigenvalue weighted by Crippen LogP contribution is -2.43. The van der Waals surface area contributed by atoms with Gasteiger partial charge in [-0.2, -0.15) is 0 Å². The first kappa shape index (κ1) is 17.2. The predicted octanol–water partition coefficient (Wildman–Crippen LogP) is 1.95. The van der Waals surface area contributed by atoms with Gasteiger partial charge in [0.05, 0.1) is 19.1 Å². The first-order valence-corrected chi connectivity index (χ1v) is 8.28. The Labute approximate surface area is 146 Å². The van der Waals surface area contributed by atoms with Gasteiger partial charge in [-0.25, -0.2) is 4.79 Å². The fraction of sp³-hybridized carbons (Fsp3) is 0.300. The van der Waals surface area contributed by atoms with Crippen molar-refractivity contribution in [3.8, 4) is 0 Å². The van der Waals surface area contributed by atoms with Gasteiger partial charge in [0.15, 0.2) is 0 Å². The summed E-state index contributed by atoms with van der Waals surface area (Å²) < 4.78 is 4.81. The van der Waals surface area contributed by atoms with Crippen LogP contribution in [0, 0.1) is 0 Å². The Hall–Kier alpha value is -2.66. The van der Waals surface area contributed by atoms with E-state index < -0.39 is 24.0 Å². The Morgan fingerprint density at radius 2 is 1.56 bits per heavy atom. The van der Waals surface area contributed by atoms with Crippen molar-refractivity contribution in [3.05, 3.63) is 71.8 Å². The third-order valence-corrected chi connectivity index (χ3v) is 4.55. The van der Waals surface area contributed by atoms with Crippen LogP contribution in [0.2, 0.25) is 0 Å². The van der Waals surface area contributed by atoms with Crippen LogP contribution >= 0.6 is 0 Å². The maximum atomic E-state index is 13.3. The zero-order valence-corrected chi connectivity index (χ0v) is 14.0. The number of hydrogen-bond acceptors (Lipinski definition) is 4. The maximum Gasteiger partial charge on any atom is 0.328 e. The first-order valence-electron chi connectivity index (χ1n) is 8.28. The van der Waals surface area contributed by atoms with E-state index in [1.807, 2.05) is 60.7 Å². The molecule has 3 rings (SSSR count). The maximum absolute atomic E-state index is 13.3. The third kappa shape index (κ3) is 3.56. The van der Waals surface area contributed by atoms with Crippen LogP contribution in [0.5, 0.6) is 0 Å². The van der Waals surface area contributed by atoms with Crippen LogP contribution in [0.4, 0.5) is 0 Å². The fourth-order valence-corrected chi connectivity index (χ4v) is 3.35. The van der Waals surface area contributed by atoms with Crippen molar-refractivity contribution in [2.24, 2.45) is 0 Å². The molecule has 1 heterocycles. The molecule has 0 bridgehead atoms. The molecule has 0 saturated carbocycles. The quantitative estimate of drug-likeness (QED) is 0.865. The number of amides is 1. The van der Waals surface area contributed by atoms with Crippen LogP contribution < -0.4 is 0 Å². The van der Waals surface area contributed by atoms with E-state index in [1.165, 1.54) is 12.0 Å². The molecule has 5 nitrogen and oxygen atoms in total. The van der Waals surface area contributed by atoms with E-state index in [-0.39, 0.29) is 18.9 Å². The molecule has 5 heteroatoms. The minimum atomic E-state index is -0.748. The lowest BCUT2D eigenvalue weighted by Gasteiger charge is -2.28. The molecule has 1 saturated heterocycles. The van der Waals surface area contributed by atoms with E-state index in [9.17, 15) is 14.7 Å². The number of ether oxygens (including phenoxy) is 1. The molecule has 1 N–H and O–H groups in total. The molecule has 1 aliphatic heterocycles. The summed E-state index contributed by atoms with van der Waals surface area (Å²) in [7, 11) is 1.29. The van der Waals surface area contributed by atoms with Gasteiger partial charge in [-0.05, 0) is 11.1 Å². The number of esters is 1. The standard InChI is InChI=1S/C20H21NO4/c1-25-20(24)17-12-16(22)13-21(17)19(23)18(14-8-4-2-5-9-14)15-10-6-3-7-11-15/h2-11,16-18,22H,12-13H2,1H3/t16-,17+/m0/s1. The molecule has 25 heavy (non-hydrogen) atoms. The second-order valence-corrected chi connectivity index (χ2v) is 6.17. The van der Waals surface area contributed by atoms with Gasteiger partial charge < -0.3 is 14.7 Å². The second kappa shape index (κ2) is 7.49. The first-order chi connectivity index (χ1) is 12.1. The number of carbonyl (C=O) groups is 2. The highest BCUT2D eigenvalue weighted by atomic mass is 16.5. The van der Waals surface area contributed by atoms with E-state index >= 15 is 0 Å². The summed E-state index contributed by atoms with van der Waals surface area (Å²) in [5.41, 5.74) is 1.70. The Morgan fingerprint density at radius 3 is 2.04 bits per heavy atom. The highest BCUT2D eigenvalue weighted by Crippen LogP contribution is 2.30. The van der Waals surface area contributed by atoms with Crippen molar-refractivity contribution in [1.82, 2.24) is 4.90 Å². The molecule has 1 amide bonds. The third-order valence-electron chi connectivity index (χ3n) is 4.55. The summed E-state index contributed by atoms with van der Waals surface area (Å²) in [5, 5.41) is 9.98. The van der Waals surface area contributed by atoms with Crippen LogP contribution in [0.15, 0.2) is 60.7 Å². The van der Waals surface area contributed by atoms with Crippen molar-refractivity contribution >= 4 is 11.9 Å². The smallest absolute Gasteiger partial charge is 0.328 e. The number of β-amino-alcohol motifs (C(OH)–C–C–N with tert-alkyl or cyclic N) is 1. The monoisotopic (exact) mass is 339 g/mol. The number of methoxy groups -OCH3 is 1. The minimum Gasteiger partial charge on any atom is -0.467 e. The zero-order valence-electron chi connectivity index (χ0n) is 14.0. The molecule has 2 atom stereocenters. The van der Waals surface area contributed by atoms with Gasteiger partial charge in [0.1, 0.15) is 6.04 Å². The van der Waals surface area contributed by atoms with Crippen molar-refractivity contribution in [2.45, 2.75) is 24.5 Å². The number of hydrogen-bond donors (Lipinski definition) is 1. The molecule has 130 valence electrons. The lowest BCUT2D eigenvalue weighted by atomic mass is 9.90. The highest BCUT2D eigenvalue weighted by Gasteiger charge is 2.42. The Morgan fingerprint density at radius 1 is 1.04 bits per heavy atom. The Kier molecular flexibility index (Phi) is 5.14. The molecular weight excluding hydrogens is 318 g/mol. The number of benzene rings is 2. The molecule has 0 aliphatic carbocycles. The second-order valence-electron chi connectivity index (χ2n) is 6.17. The van der Waals surface area contributed by atoms with Crippen LogP contribution in [0.1, 0.15) is 23.5 Å². The average molecular weight is 339 g/mol. The van der Waals surface area contributed by atoms with E-state index in [1.54, 1.807) is 0 Å². The predicted molar refractivity (Wildman–Crippen MR) is 92.9 cm³/mol. The lowest BCUT2D eigenvalue weighted by molar-refractivity contribution is -0.151. The van der Waals surface area contributed by atoms with Gasteiger partial charge in [-0.15, -0.1) is 0 Å². The molecule has 1 aliphatic rings. The van der Waals surface area contributed by atoms with Crippen LogP contribution in [-0.4, -0.2) is 47.7 Å². The van der Waals surface area contributed by atoms with Gasteiger partial charge >= 0.3 is 5.97 Å². The molecule has 0 spiro atoms.